The van der Waals surface area contributed by atoms with Crippen molar-refractivity contribution in [2.75, 3.05) is 5.73 Å². The highest BCUT2D eigenvalue weighted by Crippen LogP contribution is 2.23. The van der Waals surface area contributed by atoms with E-state index >= 15 is 0 Å². The van der Waals surface area contributed by atoms with Gasteiger partial charge in [0.25, 0.3) is 0 Å². The van der Waals surface area contributed by atoms with Gasteiger partial charge in [0.2, 0.25) is 10.0 Å². The summed E-state index contributed by atoms with van der Waals surface area (Å²) in [5.41, 5.74) is 5.02. The molecule has 106 valence electrons. The van der Waals surface area contributed by atoms with Crippen LogP contribution >= 0.6 is 0 Å². The minimum atomic E-state index is -3.96. The normalized spacial score (nSPS) is 12.0. The predicted molar refractivity (Wildman–Crippen MR) is 71.1 cm³/mol. The number of benzene rings is 1. The summed E-state index contributed by atoms with van der Waals surface area (Å²) >= 11 is 0. The van der Waals surface area contributed by atoms with Crippen LogP contribution in [0.5, 0.6) is 5.75 Å². The Kier molecular flexibility index (Phi) is 4.06. The average molecular weight is 287 g/mol. The van der Waals surface area contributed by atoms with Gasteiger partial charge in [0.1, 0.15) is 10.6 Å². The van der Waals surface area contributed by atoms with Crippen molar-refractivity contribution >= 4 is 21.8 Å². The number of primary sulfonamides is 1. The van der Waals surface area contributed by atoms with E-state index < -0.39 is 21.7 Å². The van der Waals surface area contributed by atoms with E-state index in [2.05, 4.69) is 5.32 Å². The van der Waals surface area contributed by atoms with E-state index in [1.54, 1.807) is 20.8 Å². The fourth-order valence-electron chi connectivity index (χ4n) is 1.26. The third-order valence-corrected chi connectivity index (χ3v) is 2.95. The Morgan fingerprint density at radius 1 is 1.32 bits per heavy atom. The van der Waals surface area contributed by atoms with Crippen LogP contribution in [0.15, 0.2) is 23.1 Å². The Morgan fingerprint density at radius 3 is 2.37 bits per heavy atom. The molecule has 1 aromatic rings. The van der Waals surface area contributed by atoms with E-state index in [1.165, 1.54) is 12.1 Å². The molecule has 0 atom stereocenters. The summed E-state index contributed by atoms with van der Waals surface area (Å²) in [5.74, 6) is 0.0416. The van der Waals surface area contributed by atoms with Gasteiger partial charge < -0.3 is 15.8 Å². The molecule has 0 heterocycles. The highest BCUT2D eigenvalue weighted by molar-refractivity contribution is 7.89. The van der Waals surface area contributed by atoms with E-state index in [-0.39, 0.29) is 16.3 Å². The fourth-order valence-corrected chi connectivity index (χ4v) is 1.94. The van der Waals surface area contributed by atoms with E-state index in [0.29, 0.717) is 0 Å². The highest BCUT2D eigenvalue weighted by Gasteiger charge is 2.17. The minimum Gasteiger partial charge on any atom is -0.410 e. The third-order valence-electron chi connectivity index (χ3n) is 1.98. The number of nitrogens with one attached hydrogen (secondary N) is 1. The number of carbonyl (C=O) groups excluding carboxylic acids is 1. The second kappa shape index (κ2) is 5.06. The lowest BCUT2D eigenvalue weighted by Crippen LogP contribution is -2.42. The van der Waals surface area contributed by atoms with E-state index in [0.717, 1.165) is 6.07 Å². The lowest BCUT2D eigenvalue weighted by atomic mass is 10.1. The quantitative estimate of drug-likeness (QED) is 0.694. The third kappa shape index (κ3) is 4.76. The number of nitrogens with two attached hydrogens (primary N) is 2. The Bertz CT molecular complexity index is 590. The number of ether oxygens (including phenoxy) is 1. The molecule has 8 heteroatoms. The van der Waals surface area contributed by atoms with E-state index in [4.69, 9.17) is 15.6 Å². The van der Waals surface area contributed by atoms with Crippen LogP contribution in [0, 0.1) is 0 Å². The molecule has 1 rings (SSSR count). The van der Waals surface area contributed by atoms with Gasteiger partial charge in [0.15, 0.2) is 0 Å². The summed E-state index contributed by atoms with van der Waals surface area (Å²) in [6.45, 7) is 5.35. The van der Waals surface area contributed by atoms with Crippen LogP contribution in [0.1, 0.15) is 20.8 Å². The first kappa shape index (κ1) is 15.3. The molecule has 0 unspecified atom stereocenters. The van der Waals surface area contributed by atoms with Gasteiger partial charge in [-0.3, -0.25) is 0 Å². The standard InChI is InChI=1S/C11H17N3O4S/c1-11(2,3)14-10(15)18-7-4-5-8(12)9(6-7)19(13,16)17/h4-6H,12H2,1-3H3,(H,14,15)(H2,13,16,17). The van der Waals surface area contributed by atoms with Crippen molar-refractivity contribution in [3.8, 4) is 5.75 Å². The van der Waals surface area contributed by atoms with Crippen LogP contribution in [0.3, 0.4) is 0 Å². The molecule has 7 nitrogen and oxygen atoms in total. The van der Waals surface area contributed by atoms with Crippen molar-refractivity contribution in [1.29, 1.82) is 0 Å². The molecule has 5 N–H and O–H groups in total. The molecular formula is C11H17N3O4S. The molecule has 0 spiro atoms. The van der Waals surface area contributed by atoms with Gasteiger partial charge in [-0.1, -0.05) is 0 Å². The maximum atomic E-state index is 11.5. The molecule has 0 aliphatic carbocycles. The molecular weight excluding hydrogens is 270 g/mol. The number of nitrogen functional groups attached to an aromatic ring is 1. The van der Waals surface area contributed by atoms with Crippen molar-refractivity contribution in [2.24, 2.45) is 5.14 Å². The summed E-state index contributed by atoms with van der Waals surface area (Å²) < 4.78 is 27.5. The first-order valence-electron chi connectivity index (χ1n) is 5.41. The number of hydrogen-bond donors (Lipinski definition) is 3. The number of carbonyl (C=O) groups is 1. The number of rotatable bonds is 2. The zero-order chi connectivity index (χ0) is 14.8. The summed E-state index contributed by atoms with van der Waals surface area (Å²) in [7, 11) is -3.96. The van der Waals surface area contributed by atoms with E-state index in [9.17, 15) is 13.2 Å². The first-order valence-corrected chi connectivity index (χ1v) is 6.96. The van der Waals surface area contributed by atoms with Gasteiger partial charge in [0, 0.05) is 11.6 Å². The fraction of sp³-hybridized carbons (Fsp3) is 0.364. The predicted octanol–water partition coefficient (Wildman–Crippen LogP) is 0.803. The molecule has 0 bridgehead atoms. The lowest BCUT2D eigenvalue weighted by Gasteiger charge is -2.20. The van der Waals surface area contributed by atoms with Gasteiger partial charge in [-0.05, 0) is 32.9 Å². The van der Waals surface area contributed by atoms with Crippen LogP contribution in [0.4, 0.5) is 10.5 Å². The minimum absolute atomic E-state index is 0.00826. The summed E-state index contributed by atoms with van der Waals surface area (Å²) in [4.78, 5) is 11.2. The van der Waals surface area contributed by atoms with Gasteiger partial charge >= 0.3 is 6.09 Å². The molecule has 0 aliphatic heterocycles. The molecule has 0 saturated carbocycles. The number of amides is 1. The SMILES string of the molecule is CC(C)(C)NC(=O)Oc1ccc(N)c(S(N)(=O)=O)c1. The molecule has 1 aromatic carbocycles. The van der Waals surface area contributed by atoms with Gasteiger partial charge in [-0.15, -0.1) is 0 Å². The molecule has 19 heavy (non-hydrogen) atoms. The van der Waals surface area contributed by atoms with Crippen LogP contribution in [0.2, 0.25) is 0 Å². The van der Waals surface area contributed by atoms with Gasteiger partial charge in [-0.2, -0.15) is 0 Å². The monoisotopic (exact) mass is 287 g/mol. The molecule has 0 aliphatic rings. The van der Waals surface area contributed by atoms with Crippen LogP contribution in [0.25, 0.3) is 0 Å². The molecule has 0 saturated heterocycles. The lowest BCUT2D eigenvalue weighted by molar-refractivity contribution is 0.190. The van der Waals surface area contributed by atoms with Gasteiger partial charge in [-0.25, -0.2) is 18.4 Å². The topological polar surface area (TPSA) is 125 Å². The van der Waals surface area contributed by atoms with E-state index in [1.807, 2.05) is 0 Å². The van der Waals surface area contributed by atoms with Crippen LogP contribution < -0.4 is 20.9 Å². The highest BCUT2D eigenvalue weighted by atomic mass is 32.2. The van der Waals surface area contributed by atoms with Gasteiger partial charge in [0.05, 0.1) is 5.69 Å². The molecule has 0 aromatic heterocycles. The first-order chi connectivity index (χ1) is 8.49. The second-order valence-corrected chi connectivity index (χ2v) is 6.54. The van der Waals surface area contributed by atoms with Crippen molar-refractivity contribution in [3.05, 3.63) is 18.2 Å². The second-order valence-electron chi connectivity index (χ2n) is 5.01. The zero-order valence-electron chi connectivity index (χ0n) is 10.9. The number of hydrogen-bond acceptors (Lipinski definition) is 5. The van der Waals surface area contributed by atoms with Crippen LogP contribution in [-0.2, 0) is 10.0 Å². The Balaban J connectivity index is 2.96. The zero-order valence-corrected chi connectivity index (χ0v) is 11.7. The Labute approximate surface area is 112 Å². The summed E-state index contributed by atoms with van der Waals surface area (Å²) in [6, 6.07) is 3.79. The van der Waals surface area contributed by atoms with Crippen molar-refractivity contribution in [2.45, 2.75) is 31.2 Å². The molecule has 0 fully saturated rings. The number of sulfonamides is 1. The maximum Gasteiger partial charge on any atom is 0.413 e. The van der Waals surface area contributed by atoms with Crippen molar-refractivity contribution in [3.63, 3.8) is 0 Å². The average Bonchev–Trinajstić information content (AvgIpc) is 2.16. The smallest absolute Gasteiger partial charge is 0.410 e. The molecule has 1 amide bonds. The largest absolute Gasteiger partial charge is 0.413 e. The van der Waals surface area contributed by atoms with Crippen molar-refractivity contribution < 1.29 is 17.9 Å². The summed E-state index contributed by atoms with van der Waals surface area (Å²) in [6.07, 6.45) is -0.697. The Morgan fingerprint density at radius 2 is 1.89 bits per heavy atom. The molecule has 0 radical (unpaired) electrons. The van der Waals surface area contributed by atoms with Crippen molar-refractivity contribution in [1.82, 2.24) is 5.32 Å². The Hall–Kier alpha value is -1.80. The van der Waals surface area contributed by atoms with Crippen LogP contribution in [-0.4, -0.2) is 20.0 Å². The summed E-state index contributed by atoms with van der Waals surface area (Å²) in [5, 5.41) is 7.56. The number of anilines is 1. The maximum absolute atomic E-state index is 11.5.